The van der Waals surface area contributed by atoms with Crippen LogP contribution in [-0.4, -0.2) is 28.1 Å². The molecule has 0 spiro atoms. The number of hydrogen-bond donors (Lipinski definition) is 1. The third kappa shape index (κ3) is 3.04. The fraction of sp³-hybridized carbons (Fsp3) is 0.400. The Balaban J connectivity index is 1.83. The average molecular weight is 285 g/mol. The lowest BCUT2D eigenvalue weighted by molar-refractivity contribution is 0.292. The van der Waals surface area contributed by atoms with E-state index in [4.69, 9.17) is 10.5 Å². The van der Waals surface area contributed by atoms with E-state index in [-0.39, 0.29) is 5.95 Å². The predicted molar refractivity (Wildman–Crippen MR) is 81.2 cm³/mol. The lowest BCUT2D eigenvalue weighted by Gasteiger charge is -2.28. The van der Waals surface area contributed by atoms with Gasteiger partial charge in [-0.05, 0) is 24.0 Å². The first-order valence-electron chi connectivity index (χ1n) is 7.22. The van der Waals surface area contributed by atoms with Crippen molar-refractivity contribution in [3.63, 3.8) is 0 Å². The Bertz CT molecular complexity index is 631. The maximum atomic E-state index is 5.76. The zero-order valence-corrected chi connectivity index (χ0v) is 12.1. The lowest BCUT2D eigenvalue weighted by Crippen LogP contribution is -2.32. The lowest BCUT2D eigenvalue weighted by atomic mass is 10.0. The number of hydrogen-bond acceptors (Lipinski definition) is 6. The molecule has 2 N–H and O–H groups in total. The molecule has 0 bridgehead atoms. The number of nitrogen functional groups attached to an aromatic ring is 1. The maximum Gasteiger partial charge on any atom is 0.323 e. The summed E-state index contributed by atoms with van der Waals surface area (Å²) in [5, 5.41) is 0. The topological polar surface area (TPSA) is 77.2 Å². The molecule has 1 aromatic heterocycles. The van der Waals surface area contributed by atoms with E-state index in [0.29, 0.717) is 18.6 Å². The Morgan fingerprint density at radius 3 is 2.81 bits per heavy atom. The molecular weight excluding hydrogens is 266 g/mol. The highest BCUT2D eigenvalue weighted by atomic mass is 16.5. The van der Waals surface area contributed by atoms with E-state index in [1.54, 1.807) is 0 Å². The predicted octanol–water partition coefficient (Wildman–Crippen LogP) is 1.81. The largest absolute Gasteiger partial charge is 0.463 e. The highest BCUT2D eigenvalue weighted by Gasteiger charge is 2.19. The summed E-state index contributed by atoms with van der Waals surface area (Å²) in [6, 6.07) is 8.75. The van der Waals surface area contributed by atoms with Crippen LogP contribution in [-0.2, 0) is 13.0 Å². The first-order chi connectivity index (χ1) is 10.3. The minimum Gasteiger partial charge on any atom is -0.463 e. The van der Waals surface area contributed by atoms with Gasteiger partial charge >= 0.3 is 6.01 Å². The van der Waals surface area contributed by atoms with Crippen molar-refractivity contribution in [2.45, 2.75) is 26.3 Å². The fourth-order valence-corrected chi connectivity index (χ4v) is 2.43. The molecule has 1 aromatic carbocycles. The normalized spacial score (nSPS) is 13.9. The molecule has 0 fully saturated rings. The summed E-state index contributed by atoms with van der Waals surface area (Å²) in [6.07, 6.45) is 1.88. The molecule has 110 valence electrons. The highest BCUT2D eigenvalue weighted by Crippen LogP contribution is 2.23. The number of benzene rings is 1. The van der Waals surface area contributed by atoms with E-state index in [0.717, 1.165) is 25.9 Å². The minimum absolute atomic E-state index is 0.199. The van der Waals surface area contributed by atoms with Crippen molar-refractivity contribution in [2.75, 3.05) is 23.8 Å². The van der Waals surface area contributed by atoms with Crippen molar-refractivity contribution in [1.82, 2.24) is 15.0 Å². The van der Waals surface area contributed by atoms with Crippen LogP contribution < -0.4 is 15.4 Å². The van der Waals surface area contributed by atoms with Crippen LogP contribution in [0.2, 0.25) is 0 Å². The van der Waals surface area contributed by atoms with Crippen LogP contribution in [0.1, 0.15) is 24.5 Å². The summed E-state index contributed by atoms with van der Waals surface area (Å²) in [5.41, 5.74) is 8.46. The van der Waals surface area contributed by atoms with Gasteiger partial charge in [-0.15, -0.1) is 0 Å². The molecule has 0 radical (unpaired) electrons. The molecule has 6 nitrogen and oxygen atoms in total. The van der Waals surface area contributed by atoms with Crippen LogP contribution in [0.5, 0.6) is 6.01 Å². The molecule has 6 heteroatoms. The van der Waals surface area contributed by atoms with Gasteiger partial charge in [0.2, 0.25) is 11.9 Å². The van der Waals surface area contributed by atoms with E-state index in [1.165, 1.54) is 11.1 Å². The first kappa shape index (κ1) is 13.6. The van der Waals surface area contributed by atoms with E-state index in [2.05, 4.69) is 44.1 Å². The number of ether oxygens (including phenoxy) is 1. The molecule has 2 heterocycles. The highest BCUT2D eigenvalue weighted by molar-refractivity contribution is 5.42. The summed E-state index contributed by atoms with van der Waals surface area (Å²) in [5.74, 6) is 0.785. The molecule has 0 atom stereocenters. The molecule has 0 saturated carbocycles. The van der Waals surface area contributed by atoms with Gasteiger partial charge < -0.3 is 15.4 Å². The number of nitrogens with zero attached hydrogens (tertiary/aromatic N) is 4. The molecule has 0 aliphatic carbocycles. The van der Waals surface area contributed by atoms with Crippen molar-refractivity contribution in [1.29, 1.82) is 0 Å². The second-order valence-corrected chi connectivity index (χ2v) is 5.06. The standard InChI is InChI=1S/C15H19N5O/c1-2-9-21-15-18-13(16)17-14(19-15)20-8-7-11-5-3-4-6-12(11)10-20/h3-6H,2,7-10H2,1H3,(H2,16,17,18,19). The monoisotopic (exact) mass is 285 g/mol. The minimum atomic E-state index is 0.199. The third-order valence-electron chi connectivity index (χ3n) is 3.47. The Labute approximate surface area is 124 Å². The molecule has 3 rings (SSSR count). The summed E-state index contributed by atoms with van der Waals surface area (Å²) in [4.78, 5) is 14.7. The van der Waals surface area contributed by atoms with Gasteiger partial charge in [0.05, 0.1) is 6.61 Å². The van der Waals surface area contributed by atoms with Crippen LogP contribution in [0.3, 0.4) is 0 Å². The van der Waals surface area contributed by atoms with E-state index < -0.39 is 0 Å². The number of fused-ring (bicyclic) bond motifs is 1. The zero-order valence-electron chi connectivity index (χ0n) is 12.1. The SMILES string of the molecule is CCCOc1nc(N)nc(N2CCc3ccccc3C2)n1. The fourth-order valence-electron chi connectivity index (χ4n) is 2.43. The van der Waals surface area contributed by atoms with Crippen LogP contribution >= 0.6 is 0 Å². The van der Waals surface area contributed by atoms with Gasteiger partial charge in [-0.2, -0.15) is 15.0 Å². The van der Waals surface area contributed by atoms with Gasteiger partial charge in [-0.1, -0.05) is 31.2 Å². The molecule has 0 amide bonds. The number of rotatable bonds is 4. The summed E-state index contributed by atoms with van der Waals surface area (Å²) < 4.78 is 5.47. The number of nitrogens with two attached hydrogens (primary N) is 1. The molecule has 0 unspecified atom stereocenters. The molecular formula is C15H19N5O. The zero-order chi connectivity index (χ0) is 14.7. The molecule has 1 aliphatic heterocycles. The quantitative estimate of drug-likeness (QED) is 0.923. The van der Waals surface area contributed by atoms with Crippen molar-refractivity contribution in [3.05, 3.63) is 35.4 Å². The van der Waals surface area contributed by atoms with Crippen LogP contribution in [0.4, 0.5) is 11.9 Å². The summed E-state index contributed by atoms with van der Waals surface area (Å²) in [6.45, 7) is 4.26. The Morgan fingerprint density at radius 1 is 1.19 bits per heavy atom. The first-order valence-corrected chi connectivity index (χ1v) is 7.22. The van der Waals surface area contributed by atoms with E-state index in [9.17, 15) is 0 Å². The van der Waals surface area contributed by atoms with Gasteiger partial charge in [-0.25, -0.2) is 0 Å². The van der Waals surface area contributed by atoms with Crippen molar-refractivity contribution in [3.8, 4) is 6.01 Å². The molecule has 21 heavy (non-hydrogen) atoms. The van der Waals surface area contributed by atoms with Crippen LogP contribution in [0, 0.1) is 0 Å². The Morgan fingerprint density at radius 2 is 2.00 bits per heavy atom. The summed E-state index contributed by atoms with van der Waals surface area (Å²) in [7, 11) is 0. The van der Waals surface area contributed by atoms with Gasteiger partial charge in [-0.3, -0.25) is 0 Å². The van der Waals surface area contributed by atoms with Gasteiger partial charge in [0.15, 0.2) is 0 Å². The maximum absolute atomic E-state index is 5.76. The second kappa shape index (κ2) is 5.95. The number of aromatic nitrogens is 3. The van der Waals surface area contributed by atoms with Crippen molar-refractivity contribution in [2.24, 2.45) is 0 Å². The molecule has 1 aliphatic rings. The smallest absolute Gasteiger partial charge is 0.323 e. The van der Waals surface area contributed by atoms with E-state index in [1.807, 2.05) is 6.92 Å². The van der Waals surface area contributed by atoms with Gasteiger partial charge in [0, 0.05) is 13.1 Å². The molecule has 2 aromatic rings. The molecule has 0 saturated heterocycles. The third-order valence-corrected chi connectivity index (χ3v) is 3.47. The van der Waals surface area contributed by atoms with Gasteiger partial charge in [0.25, 0.3) is 0 Å². The second-order valence-electron chi connectivity index (χ2n) is 5.06. The Hall–Kier alpha value is -2.37. The summed E-state index contributed by atoms with van der Waals surface area (Å²) >= 11 is 0. The van der Waals surface area contributed by atoms with Crippen molar-refractivity contribution < 1.29 is 4.74 Å². The van der Waals surface area contributed by atoms with Gasteiger partial charge in [0.1, 0.15) is 0 Å². The van der Waals surface area contributed by atoms with Crippen LogP contribution in [0.25, 0.3) is 0 Å². The van der Waals surface area contributed by atoms with E-state index >= 15 is 0 Å². The number of anilines is 2. The van der Waals surface area contributed by atoms with Crippen LogP contribution in [0.15, 0.2) is 24.3 Å². The van der Waals surface area contributed by atoms with Crippen molar-refractivity contribution >= 4 is 11.9 Å². The Kier molecular flexibility index (Phi) is 3.85. The average Bonchev–Trinajstić information content (AvgIpc) is 2.52.